The van der Waals surface area contributed by atoms with Crippen LogP contribution in [0.4, 0.5) is 10.5 Å². The molecule has 1 saturated carbocycles. The fraction of sp³-hybridized carbons (Fsp3) is 0.560. The molecule has 174 valence electrons. The lowest BCUT2D eigenvalue weighted by atomic mass is 9.90. The van der Waals surface area contributed by atoms with Crippen molar-refractivity contribution >= 4 is 44.4 Å². The van der Waals surface area contributed by atoms with Crippen LogP contribution in [0.3, 0.4) is 0 Å². The summed E-state index contributed by atoms with van der Waals surface area (Å²) < 4.78 is 6.33. The molecule has 1 aliphatic carbocycles. The van der Waals surface area contributed by atoms with E-state index in [-0.39, 0.29) is 29.9 Å². The zero-order chi connectivity index (χ0) is 23.5. The van der Waals surface area contributed by atoms with Crippen LogP contribution in [-0.4, -0.2) is 34.5 Å². The van der Waals surface area contributed by atoms with Gasteiger partial charge in [-0.2, -0.15) is 0 Å². The van der Waals surface area contributed by atoms with Gasteiger partial charge >= 0.3 is 6.09 Å². The van der Waals surface area contributed by atoms with Crippen molar-refractivity contribution in [3.63, 3.8) is 0 Å². The van der Waals surface area contributed by atoms with Gasteiger partial charge in [-0.25, -0.2) is 4.79 Å². The van der Waals surface area contributed by atoms with E-state index in [1.807, 2.05) is 39.0 Å². The van der Waals surface area contributed by atoms with Gasteiger partial charge in [-0.15, -0.1) is 0 Å². The summed E-state index contributed by atoms with van der Waals surface area (Å²) in [6.07, 6.45) is 5.35. The number of ketones is 1. The van der Waals surface area contributed by atoms with Gasteiger partial charge in [-0.1, -0.05) is 29.8 Å². The summed E-state index contributed by atoms with van der Waals surface area (Å²) in [6.45, 7) is 9.69. The summed E-state index contributed by atoms with van der Waals surface area (Å²) in [6, 6.07) is 6.27. The largest absolute Gasteiger partial charge is 0.444 e. The highest BCUT2D eigenvalue weighted by Gasteiger charge is 2.26. The highest BCUT2D eigenvalue weighted by atomic mass is 79.9. The number of amides is 1. The van der Waals surface area contributed by atoms with E-state index in [1.54, 1.807) is 6.20 Å². The third kappa shape index (κ3) is 6.67. The molecular weight excluding hydrogens is 470 g/mol. The number of nitrogens with zero attached hydrogens (tertiary/aromatic N) is 1. The van der Waals surface area contributed by atoms with Crippen LogP contribution in [0.25, 0.3) is 10.9 Å². The van der Waals surface area contributed by atoms with E-state index in [1.165, 1.54) is 0 Å². The molecule has 1 aromatic carbocycles. The first-order valence-corrected chi connectivity index (χ1v) is 12.2. The number of benzene rings is 1. The minimum atomic E-state index is -0.502. The average molecular weight is 504 g/mol. The van der Waals surface area contributed by atoms with Crippen LogP contribution < -0.4 is 10.6 Å². The first kappa shape index (κ1) is 24.5. The monoisotopic (exact) mass is 503 g/mol. The SMILES string of the molecule is CC(C)CC(=O)c1cnc2ccc(Br)cc2c1NC1CCC(NC(=O)OC(C)(C)C)CC1. The van der Waals surface area contributed by atoms with Gasteiger partial charge in [0.2, 0.25) is 0 Å². The number of ether oxygens (including phenoxy) is 1. The van der Waals surface area contributed by atoms with E-state index in [9.17, 15) is 9.59 Å². The number of hydrogen-bond acceptors (Lipinski definition) is 5. The summed E-state index contributed by atoms with van der Waals surface area (Å²) in [5.74, 6) is 0.389. The molecule has 0 saturated heterocycles. The van der Waals surface area contributed by atoms with Crippen LogP contribution in [0.5, 0.6) is 0 Å². The van der Waals surface area contributed by atoms with E-state index in [2.05, 4.69) is 45.4 Å². The Labute approximate surface area is 199 Å². The number of halogens is 1. The Morgan fingerprint density at radius 2 is 1.81 bits per heavy atom. The molecule has 1 heterocycles. The van der Waals surface area contributed by atoms with Crippen LogP contribution in [-0.2, 0) is 4.74 Å². The first-order chi connectivity index (χ1) is 15.0. The van der Waals surface area contributed by atoms with Crippen molar-refractivity contribution in [1.82, 2.24) is 10.3 Å². The molecule has 2 N–H and O–H groups in total. The van der Waals surface area contributed by atoms with Gasteiger partial charge in [-0.05, 0) is 70.6 Å². The molecule has 1 amide bonds. The molecule has 3 rings (SSSR count). The van der Waals surface area contributed by atoms with Gasteiger partial charge in [0.25, 0.3) is 0 Å². The van der Waals surface area contributed by atoms with Crippen LogP contribution in [0.15, 0.2) is 28.9 Å². The standard InChI is InChI=1S/C25H34BrN3O3/c1-15(2)12-22(30)20-14-27-21-11-6-16(26)13-19(21)23(20)28-17-7-9-18(10-8-17)29-24(31)32-25(3,4)5/h6,11,13-15,17-18H,7-10,12H2,1-5H3,(H,27,28)(H,29,31). The number of hydrogen-bond donors (Lipinski definition) is 2. The van der Waals surface area contributed by atoms with Crippen LogP contribution in [0.2, 0.25) is 0 Å². The molecule has 0 bridgehead atoms. The summed E-state index contributed by atoms with van der Waals surface area (Å²) >= 11 is 3.55. The van der Waals surface area contributed by atoms with Gasteiger partial charge in [0, 0.05) is 34.6 Å². The Hall–Kier alpha value is -2.15. The summed E-state index contributed by atoms with van der Waals surface area (Å²) in [4.78, 5) is 29.6. The second-order valence-electron chi connectivity index (χ2n) is 10.1. The number of alkyl carbamates (subject to hydrolysis) is 1. The van der Waals surface area contributed by atoms with Crippen molar-refractivity contribution in [3.05, 3.63) is 34.4 Å². The molecule has 32 heavy (non-hydrogen) atoms. The van der Waals surface area contributed by atoms with E-state index in [0.29, 0.717) is 12.0 Å². The average Bonchev–Trinajstić information content (AvgIpc) is 2.67. The third-order valence-electron chi connectivity index (χ3n) is 5.52. The van der Waals surface area contributed by atoms with Gasteiger partial charge in [0.05, 0.1) is 16.8 Å². The van der Waals surface area contributed by atoms with E-state index < -0.39 is 5.60 Å². The Balaban J connectivity index is 1.75. The lowest BCUT2D eigenvalue weighted by molar-refractivity contribution is 0.0492. The number of anilines is 1. The summed E-state index contributed by atoms with van der Waals surface area (Å²) in [7, 11) is 0. The van der Waals surface area contributed by atoms with Gasteiger partial charge in [0.15, 0.2) is 5.78 Å². The number of carbonyl (C=O) groups excluding carboxylic acids is 2. The molecule has 6 nitrogen and oxygen atoms in total. The molecule has 0 atom stereocenters. The first-order valence-electron chi connectivity index (χ1n) is 11.4. The lowest BCUT2D eigenvalue weighted by Gasteiger charge is -2.31. The maximum absolute atomic E-state index is 13.0. The fourth-order valence-electron chi connectivity index (χ4n) is 4.07. The molecule has 0 unspecified atom stereocenters. The van der Waals surface area contributed by atoms with E-state index in [0.717, 1.165) is 46.7 Å². The molecule has 1 aromatic heterocycles. The quantitative estimate of drug-likeness (QED) is 0.441. The number of carbonyl (C=O) groups is 2. The van der Waals surface area contributed by atoms with Crippen molar-refractivity contribution in [2.45, 2.75) is 84.4 Å². The maximum Gasteiger partial charge on any atom is 0.407 e. The minimum Gasteiger partial charge on any atom is -0.444 e. The number of rotatable bonds is 6. The zero-order valence-electron chi connectivity index (χ0n) is 19.6. The Kier molecular flexibility index (Phi) is 7.80. The molecule has 0 aliphatic heterocycles. The van der Waals surface area contributed by atoms with Crippen molar-refractivity contribution in [1.29, 1.82) is 0 Å². The number of nitrogens with one attached hydrogen (secondary N) is 2. The smallest absolute Gasteiger partial charge is 0.407 e. The van der Waals surface area contributed by atoms with Crippen LogP contribution in [0, 0.1) is 5.92 Å². The van der Waals surface area contributed by atoms with Crippen molar-refractivity contribution in [2.24, 2.45) is 5.92 Å². The second-order valence-corrected chi connectivity index (χ2v) is 11.0. The van der Waals surface area contributed by atoms with Crippen LogP contribution in [0.1, 0.15) is 77.1 Å². The number of Topliss-reactive ketones (excluding diaryl/α,β-unsaturated/α-hetero) is 1. The van der Waals surface area contributed by atoms with Crippen LogP contribution >= 0.6 is 15.9 Å². The van der Waals surface area contributed by atoms with Gasteiger partial charge < -0.3 is 15.4 Å². The highest BCUT2D eigenvalue weighted by Crippen LogP contribution is 2.32. The number of fused-ring (bicyclic) bond motifs is 1. The second kappa shape index (κ2) is 10.2. The fourth-order valence-corrected chi connectivity index (χ4v) is 4.43. The predicted molar refractivity (Wildman–Crippen MR) is 132 cm³/mol. The highest BCUT2D eigenvalue weighted by molar-refractivity contribution is 9.10. The topological polar surface area (TPSA) is 80.3 Å². The zero-order valence-corrected chi connectivity index (χ0v) is 21.2. The molecular formula is C25H34BrN3O3. The molecule has 0 spiro atoms. The van der Waals surface area contributed by atoms with E-state index in [4.69, 9.17) is 4.74 Å². The molecule has 7 heteroatoms. The number of pyridine rings is 1. The van der Waals surface area contributed by atoms with E-state index >= 15 is 0 Å². The molecule has 0 radical (unpaired) electrons. The Morgan fingerprint density at radius 3 is 2.44 bits per heavy atom. The molecule has 1 aliphatic rings. The maximum atomic E-state index is 13.0. The summed E-state index contributed by atoms with van der Waals surface area (Å²) in [5, 5.41) is 7.60. The lowest BCUT2D eigenvalue weighted by Crippen LogP contribution is -2.42. The predicted octanol–water partition coefficient (Wildman–Crippen LogP) is 6.47. The molecule has 1 fully saturated rings. The van der Waals surface area contributed by atoms with Crippen molar-refractivity contribution in [3.8, 4) is 0 Å². The third-order valence-corrected chi connectivity index (χ3v) is 6.01. The minimum absolute atomic E-state index is 0.105. The molecule has 2 aromatic rings. The normalized spacial score (nSPS) is 19.1. The van der Waals surface area contributed by atoms with Gasteiger partial charge in [0.1, 0.15) is 5.60 Å². The Bertz CT molecular complexity index is 976. The number of aromatic nitrogens is 1. The Morgan fingerprint density at radius 1 is 1.16 bits per heavy atom. The summed E-state index contributed by atoms with van der Waals surface area (Å²) in [5.41, 5.74) is 1.87. The van der Waals surface area contributed by atoms with Crippen molar-refractivity contribution in [2.75, 3.05) is 5.32 Å². The van der Waals surface area contributed by atoms with Crippen molar-refractivity contribution < 1.29 is 14.3 Å². The van der Waals surface area contributed by atoms with Gasteiger partial charge in [-0.3, -0.25) is 9.78 Å².